The minimum absolute atomic E-state index is 0.00702. The molecule has 2 heterocycles. The molecule has 2 rings (SSSR count). The van der Waals surface area contributed by atoms with Gasteiger partial charge in [0.2, 0.25) is 0 Å². The predicted molar refractivity (Wildman–Crippen MR) is 80.3 cm³/mol. The van der Waals surface area contributed by atoms with Gasteiger partial charge in [0.05, 0.1) is 30.2 Å². The summed E-state index contributed by atoms with van der Waals surface area (Å²) in [5.74, 6) is 0.00702. The van der Waals surface area contributed by atoms with E-state index in [0.29, 0.717) is 5.56 Å². The maximum Gasteiger partial charge on any atom is 0.257 e. The van der Waals surface area contributed by atoms with Crippen molar-refractivity contribution in [3.05, 3.63) is 23.3 Å². The number of carbonyl (C=O) groups is 1. The molecular formula is C15H24N4O2. The highest BCUT2D eigenvalue weighted by Gasteiger charge is 2.18. The van der Waals surface area contributed by atoms with Crippen LogP contribution in [0.15, 0.2) is 6.33 Å². The average molecular weight is 292 g/mol. The largest absolute Gasteiger partial charge is 0.379 e. The highest BCUT2D eigenvalue weighted by Crippen LogP contribution is 2.11. The van der Waals surface area contributed by atoms with Crippen molar-refractivity contribution in [1.82, 2.24) is 19.8 Å². The van der Waals surface area contributed by atoms with Crippen LogP contribution in [0.3, 0.4) is 0 Å². The first-order chi connectivity index (χ1) is 10.1. The molecule has 0 aliphatic carbocycles. The summed E-state index contributed by atoms with van der Waals surface area (Å²) in [4.78, 5) is 24.9. The molecule has 1 fully saturated rings. The number of hydrogen-bond acceptors (Lipinski definition) is 5. The van der Waals surface area contributed by atoms with Crippen molar-refractivity contribution in [3.8, 4) is 0 Å². The Morgan fingerprint density at radius 2 is 1.90 bits per heavy atom. The molecule has 0 bridgehead atoms. The van der Waals surface area contributed by atoms with Crippen molar-refractivity contribution in [3.63, 3.8) is 0 Å². The molecule has 116 valence electrons. The fraction of sp³-hybridized carbons (Fsp3) is 0.667. The lowest BCUT2D eigenvalue weighted by Crippen LogP contribution is -2.38. The zero-order chi connectivity index (χ0) is 15.2. The Morgan fingerprint density at radius 3 is 2.52 bits per heavy atom. The normalized spacial score (nSPS) is 16.0. The smallest absolute Gasteiger partial charge is 0.257 e. The van der Waals surface area contributed by atoms with E-state index in [1.54, 1.807) is 4.90 Å². The standard InChI is InChI=1S/C15H24N4O2/c1-12-14(13(2)17-11-16-12)15(20)18(3)5-4-6-19-7-9-21-10-8-19/h11H,4-10H2,1-3H3. The van der Waals surface area contributed by atoms with Gasteiger partial charge in [-0.15, -0.1) is 0 Å². The van der Waals surface area contributed by atoms with Gasteiger partial charge in [-0.1, -0.05) is 0 Å². The van der Waals surface area contributed by atoms with Crippen LogP contribution in [-0.4, -0.2) is 72.1 Å². The van der Waals surface area contributed by atoms with Crippen molar-refractivity contribution in [2.45, 2.75) is 20.3 Å². The monoisotopic (exact) mass is 292 g/mol. The Bertz CT molecular complexity index is 466. The summed E-state index contributed by atoms with van der Waals surface area (Å²) in [6.45, 7) is 9.05. The van der Waals surface area contributed by atoms with E-state index >= 15 is 0 Å². The third kappa shape index (κ3) is 4.22. The summed E-state index contributed by atoms with van der Waals surface area (Å²) in [6.07, 6.45) is 2.47. The Hall–Kier alpha value is -1.53. The van der Waals surface area contributed by atoms with E-state index in [0.717, 1.165) is 57.2 Å². The van der Waals surface area contributed by atoms with Crippen molar-refractivity contribution in [1.29, 1.82) is 0 Å². The second-order valence-electron chi connectivity index (χ2n) is 5.45. The van der Waals surface area contributed by atoms with Crippen LogP contribution in [0, 0.1) is 13.8 Å². The van der Waals surface area contributed by atoms with Gasteiger partial charge >= 0.3 is 0 Å². The molecule has 0 unspecified atom stereocenters. The molecule has 0 radical (unpaired) electrons. The molecule has 1 amide bonds. The molecule has 0 aromatic carbocycles. The molecule has 0 N–H and O–H groups in total. The Balaban J connectivity index is 1.85. The van der Waals surface area contributed by atoms with Gasteiger partial charge in [0.1, 0.15) is 6.33 Å². The van der Waals surface area contributed by atoms with Crippen molar-refractivity contribution in [2.24, 2.45) is 0 Å². The number of ether oxygens (including phenoxy) is 1. The van der Waals surface area contributed by atoms with Crippen LogP contribution in [0.25, 0.3) is 0 Å². The first-order valence-corrected chi connectivity index (χ1v) is 7.43. The van der Waals surface area contributed by atoms with E-state index < -0.39 is 0 Å². The van der Waals surface area contributed by atoms with Crippen LogP contribution >= 0.6 is 0 Å². The van der Waals surface area contributed by atoms with Gasteiger partial charge in [-0.2, -0.15) is 0 Å². The maximum atomic E-state index is 12.5. The van der Waals surface area contributed by atoms with Crippen LogP contribution in [0.1, 0.15) is 28.2 Å². The summed E-state index contributed by atoms with van der Waals surface area (Å²) >= 11 is 0. The summed E-state index contributed by atoms with van der Waals surface area (Å²) in [5.41, 5.74) is 2.12. The molecule has 1 aliphatic rings. The highest BCUT2D eigenvalue weighted by molar-refractivity contribution is 5.96. The lowest BCUT2D eigenvalue weighted by atomic mass is 10.1. The Labute approximate surface area is 126 Å². The zero-order valence-corrected chi connectivity index (χ0v) is 13.1. The fourth-order valence-electron chi connectivity index (χ4n) is 2.55. The van der Waals surface area contributed by atoms with E-state index in [1.165, 1.54) is 6.33 Å². The second-order valence-corrected chi connectivity index (χ2v) is 5.45. The van der Waals surface area contributed by atoms with Gasteiger partial charge in [-0.05, 0) is 20.3 Å². The molecule has 1 aliphatic heterocycles. The van der Waals surface area contributed by atoms with Gasteiger partial charge in [0, 0.05) is 33.2 Å². The summed E-state index contributed by atoms with van der Waals surface area (Å²) < 4.78 is 5.33. The molecule has 6 nitrogen and oxygen atoms in total. The molecule has 0 spiro atoms. The number of rotatable bonds is 5. The molecule has 1 aromatic rings. The number of morpholine rings is 1. The Kier molecular flexibility index (Phi) is 5.64. The van der Waals surface area contributed by atoms with Crippen molar-refractivity contribution < 1.29 is 9.53 Å². The minimum atomic E-state index is 0.00702. The van der Waals surface area contributed by atoms with Crippen LogP contribution < -0.4 is 0 Å². The lowest BCUT2D eigenvalue weighted by Gasteiger charge is -2.27. The molecule has 1 saturated heterocycles. The Morgan fingerprint density at radius 1 is 1.29 bits per heavy atom. The average Bonchev–Trinajstić information content (AvgIpc) is 2.48. The number of amides is 1. The van der Waals surface area contributed by atoms with E-state index in [2.05, 4.69) is 14.9 Å². The van der Waals surface area contributed by atoms with Crippen molar-refractivity contribution in [2.75, 3.05) is 46.4 Å². The van der Waals surface area contributed by atoms with E-state index in [1.807, 2.05) is 20.9 Å². The number of hydrogen-bond donors (Lipinski definition) is 0. The number of aromatic nitrogens is 2. The molecule has 6 heteroatoms. The van der Waals surface area contributed by atoms with Gasteiger partial charge in [-0.3, -0.25) is 9.69 Å². The predicted octanol–water partition coefficient (Wildman–Crippen LogP) is 0.888. The van der Waals surface area contributed by atoms with Crippen LogP contribution in [0.2, 0.25) is 0 Å². The van der Waals surface area contributed by atoms with Crippen LogP contribution in [-0.2, 0) is 4.74 Å². The minimum Gasteiger partial charge on any atom is -0.379 e. The van der Waals surface area contributed by atoms with Crippen LogP contribution in [0.5, 0.6) is 0 Å². The van der Waals surface area contributed by atoms with Gasteiger partial charge in [-0.25, -0.2) is 9.97 Å². The maximum absolute atomic E-state index is 12.5. The quantitative estimate of drug-likeness (QED) is 0.806. The SMILES string of the molecule is Cc1ncnc(C)c1C(=O)N(C)CCCN1CCOCC1. The number of carbonyl (C=O) groups excluding carboxylic acids is 1. The molecule has 1 aromatic heterocycles. The molecule has 0 saturated carbocycles. The van der Waals surface area contributed by atoms with E-state index in [9.17, 15) is 4.79 Å². The fourth-order valence-corrected chi connectivity index (χ4v) is 2.55. The zero-order valence-electron chi connectivity index (χ0n) is 13.1. The second kappa shape index (κ2) is 7.47. The summed E-state index contributed by atoms with van der Waals surface area (Å²) in [5, 5.41) is 0. The molecular weight excluding hydrogens is 268 g/mol. The third-order valence-electron chi connectivity index (χ3n) is 3.86. The van der Waals surface area contributed by atoms with Crippen molar-refractivity contribution >= 4 is 5.91 Å². The van der Waals surface area contributed by atoms with Gasteiger partial charge in [0.25, 0.3) is 5.91 Å². The third-order valence-corrected chi connectivity index (χ3v) is 3.86. The van der Waals surface area contributed by atoms with Gasteiger partial charge < -0.3 is 9.64 Å². The summed E-state index contributed by atoms with van der Waals surface area (Å²) in [6, 6.07) is 0. The topological polar surface area (TPSA) is 58.6 Å². The summed E-state index contributed by atoms with van der Waals surface area (Å²) in [7, 11) is 1.84. The van der Waals surface area contributed by atoms with E-state index in [-0.39, 0.29) is 5.91 Å². The van der Waals surface area contributed by atoms with Gasteiger partial charge in [0.15, 0.2) is 0 Å². The first kappa shape index (κ1) is 15.9. The van der Waals surface area contributed by atoms with E-state index in [4.69, 9.17) is 4.74 Å². The van der Waals surface area contributed by atoms with Crippen LogP contribution in [0.4, 0.5) is 0 Å². The number of aryl methyl sites for hydroxylation is 2. The lowest BCUT2D eigenvalue weighted by molar-refractivity contribution is 0.0361. The molecule has 0 atom stereocenters. The highest BCUT2D eigenvalue weighted by atomic mass is 16.5. The number of nitrogens with zero attached hydrogens (tertiary/aromatic N) is 4. The molecule has 21 heavy (non-hydrogen) atoms. The first-order valence-electron chi connectivity index (χ1n) is 7.43.